The predicted octanol–water partition coefficient (Wildman–Crippen LogP) is 2.37. The largest absolute Gasteiger partial charge is 0.381 e. The van der Waals surface area contributed by atoms with Crippen LogP contribution in [-0.2, 0) is 17.6 Å². The first-order valence-corrected chi connectivity index (χ1v) is 7.32. The van der Waals surface area contributed by atoms with E-state index in [1.807, 2.05) is 0 Å². The molecule has 1 fully saturated rings. The van der Waals surface area contributed by atoms with Crippen LogP contribution in [0.1, 0.15) is 29.9 Å². The average molecular weight is 302 g/mol. The number of aromatic amines is 1. The Balaban J connectivity index is 1.44. The Bertz CT molecular complexity index is 792. The molecule has 3 aromatic rings. The van der Waals surface area contributed by atoms with Crippen molar-refractivity contribution in [2.75, 3.05) is 13.2 Å². The first-order chi connectivity index (χ1) is 10.8. The summed E-state index contributed by atoms with van der Waals surface area (Å²) in [7, 11) is 0. The van der Waals surface area contributed by atoms with Gasteiger partial charge in [-0.15, -0.1) is 0 Å². The van der Waals surface area contributed by atoms with Crippen LogP contribution in [0.2, 0.25) is 0 Å². The van der Waals surface area contributed by atoms with Gasteiger partial charge in [0.15, 0.2) is 5.82 Å². The molecule has 0 bridgehead atoms. The maximum Gasteiger partial charge on any atom is 0.227 e. The maximum atomic E-state index is 13.2. The molecule has 0 saturated carbocycles. The molecule has 0 spiro atoms. The van der Waals surface area contributed by atoms with E-state index in [1.165, 1.54) is 12.1 Å². The van der Waals surface area contributed by atoms with Crippen LogP contribution in [-0.4, -0.2) is 33.3 Å². The Morgan fingerprint density at radius 1 is 1.27 bits per heavy atom. The Kier molecular flexibility index (Phi) is 3.34. The molecule has 114 valence electrons. The first-order valence-electron chi connectivity index (χ1n) is 7.32. The third kappa shape index (κ3) is 2.59. The number of fused-ring (bicyclic) bond motifs is 1. The van der Waals surface area contributed by atoms with Gasteiger partial charge in [-0.3, -0.25) is 0 Å². The van der Waals surface area contributed by atoms with Gasteiger partial charge in [0.1, 0.15) is 11.6 Å². The minimum absolute atomic E-state index is 0.242. The van der Waals surface area contributed by atoms with Gasteiger partial charge in [-0.2, -0.15) is 4.98 Å². The van der Waals surface area contributed by atoms with E-state index in [0.29, 0.717) is 30.9 Å². The fourth-order valence-corrected chi connectivity index (χ4v) is 2.65. The molecule has 1 unspecified atom stereocenters. The number of aromatic nitrogens is 4. The molecule has 0 aliphatic carbocycles. The summed E-state index contributed by atoms with van der Waals surface area (Å²) in [6.45, 7) is 1.41. The lowest BCUT2D eigenvalue weighted by Crippen LogP contribution is -2.00. The number of halogens is 1. The lowest BCUT2D eigenvalue weighted by Gasteiger charge is -1.97. The minimum atomic E-state index is -0.275. The summed E-state index contributed by atoms with van der Waals surface area (Å²) in [5, 5.41) is 4.02. The lowest BCUT2D eigenvalue weighted by molar-refractivity contribution is 0.192. The number of benzene rings is 1. The van der Waals surface area contributed by atoms with Gasteiger partial charge in [0.05, 0.1) is 17.6 Å². The van der Waals surface area contributed by atoms with E-state index in [0.717, 1.165) is 30.2 Å². The molecule has 1 aromatic carbocycles. The van der Waals surface area contributed by atoms with E-state index >= 15 is 0 Å². The second-order valence-electron chi connectivity index (χ2n) is 5.45. The van der Waals surface area contributed by atoms with Crippen molar-refractivity contribution in [1.82, 2.24) is 20.1 Å². The van der Waals surface area contributed by atoms with Crippen molar-refractivity contribution in [2.24, 2.45) is 0 Å². The molecule has 2 aromatic heterocycles. The van der Waals surface area contributed by atoms with Gasteiger partial charge >= 0.3 is 0 Å². The van der Waals surface area contributed by atoms with Crippen molar-refractivity contribution in [3.05, 3.63) is 41.6 Å². The third-order valence-electron chi connectivity index (χ3n) is 3.85. The van der Waals surface area contributed by atoms with Crippen molar-refractivity contribution in [2.45, 2.75) is 25.2 Å². The van der Waals surface area contributed by atoms with Gasteiger partial charge in [0.2, 0.25) is 5.89 Å². The molecule has 7 heteroatoms. The Morgan fingerprint density at radius 3 is 3.09 bits per heavy atom. The van der Waals surface area contributed by atoms with E-state index < -0.39 is 0 Å². The molecule has 1 atom stereocenters. The second-order valence-corrected chi connectivity index (χ2v) is 5.45. The molecule has 1 saturated heterocycles. The molecule has 0 amide bonds. The molecular formula is C15H15FN4O2. The van der Waals surface area contributed by atoms with Crippen LogP contribution in [0.4, 0.5) is 4.39 Å². The number of aryl methyl sites for hydroxylation is 2. The quantitative estimate of drug-likeness (QED) is 0.800. The van der Waals surface area contributed by atoms with Gasteiger partial charge in [-0.1, -0.05) is 5.16 Å². The number of ether oxygens (including phenoxy) is 1. The van der Waals surface area contributed by atoms with Gasteiger partial charge in [-0.05, 0) is 24.6 Å². The number of hydrogen-bond donors (Lipinski definition) is 1. The maximum absolute atomic E-state index is 13.2. The van der Waals surface area contributed by atoms with E-state index in [4.69, 9.17) is 9.26 Å². The van der Waals surface area contributed by atoms with E-state index in [9.17, 15) is 4.39 Å². The van der Waals surface area contributed by atoms with Crippen molar-refractivity contribution >= 4 is 11.0 Å². The molecule has 0 radical (unpaired) electrons. The zero-order valence-corrected chi connectivity index (χ0v) is 11.9. The fourth-order valence-electron chi connectivity index (χ4n) is 2.65. The summed E-state index contributed by atoms with van der Waals surface area (Å²) in [6, 6.07) is 4.51. The molecule has 4 rings (SSSR count). The van der Waals surface area contributed by atoms with Gasteiger partial charge in [0, 0.05) is 25.4 Å². The van der Waals surface area contributed by atoms with Crippen LogP contribution in [0.15, 0.2) is 22.7 Å². The lowest BCUT2D eigenvalue weighted by atomic mass is 10.1. The Morgan fingerprint density at radius 2 is 2.23 bits per heavy atom. The minimum Gasteiger partial charge on any atom is -0.381 e. The highest BCUT2D eigenvalue weighted by Gasteiger charge is 2.23. The van der Waals surface area contributed by atoms with E-state index in [-0.39, 0.29) is 11.7 Å². The van der Waals surface area contributed by atoms with Gasteiger partial charge in [0.25, 0.3) is 0 Å². The molecule has 3 heterocycles. The van der Waals surface area contributed by atoms with Crippen LogP contribution < -0.4 is 0 Å². The predicted molar refractivity (Wildman–Crippen MR) is 75.9 cm³/mol. The topological polar surface area (TPSA) is 76.8 Å². The summed E-state index contributed by atoms with van der Waals surface area (Å²) in [4.78, 5) is 11.9. The third-order valence-corrected chi connectivity index (χ3v) is 3.85. The first kappa shape index (κ1) is 13.4. The second kappa shape index (κ2) is 5.49. The van der Waals surface area contributed by atoms with E-state index in [1.54, 1.807) is 6.07 Å². The smallest absolute Gasteiger partial charge is 0.227 e. The summed E-state index contributed by atoms with van der Waals surface area (Å²) < 4.78 is 23.8. The number of hydrogen-bond acceptors (Lipinski definition) is 5. The van der Waals surface area contributed by atoms with Crippen LogP contribution >= 0.6 is 0 Å². The van der Waals surface area contributed by atoms with Gasteiger partial charge < -0.3 is 14.2 Å². The molecular weight excluding hydrogens is 287 g/mol. The number of imidazole rings is 1. The molecule has 1 aliphatic rings. The Hall–Kier alpha value is -2.28. The fraction of sp³-hybridized carbons (Fsp3) is 0.400. The number of rotatable bonds is 4. The van der Waals surface area contributed by atoms with Crippen LogP contribution in [0, 0.1) is 5.82 Å². The number of H-pyrrole nitrogens is 1. The van der Waals surface area contributed by atoms with Crippen molar-refractivity contribution in [3.63, 3.8) is 0 Å². The van der Waals surface area contributed by atoms with Crippen LogP contribution in [0.25, 0.3) is 11.0 Å². The summed E-state index contributed by atoms with van der Waals surface area (Å²) >= 11 is 0. The standard InChI is InChI=1S/C15H15FN4O2/c16-10-1-2-11-12(7-10)18-13(17-11)3-4-14-19-15(20-22-14)9-5-6-21-8-9/h1-2,7,9H,3-6,8H2,(H,17,18). The zero-order chi connectivity index (χ0) is 14.9. The van der Waals surface area contributed by atoms with Crippen molar-refractivity contribution < 1.29 is 13.7 Å². The average Bonchev–Trinajstić information content (AvgIpc) is 3.24. The SMILES string of the molecule is Fc1ccc2nc(CCc3nc(C4CCOC4)no3)[nH]c2c1. The number of nitrogens with zero attached hydrogens (tertiary/aromatic N) is 3. The van der Waals surface area contributed by atoms with E-state index in [2.05, 4.69) is 20.1 Å². The molecule has 1 N–H and O–H groups in total. The monoisotopic (exact) mass is 302 g/mol. The van der Waals surface area contributed by atoms with Crippen LogP contribution in [0.5, 0.6) is 0 Å². The summed E-state index contributed by atoms with van der Waals surface area (Å²) in [5.74, 6) is 2.06. The molecule has 22 heavy (non-hydrogen) atoms. The van der Waals surface area contributed by atoms with Gasteiger partial charge in [-0.25, -0.2) is 9.37 Å². The Labute approximate surface area is 125 Å². The zero-order valence-electron chi connectivity index (χ0n) is 11.9. The normalized spacial score (nSPS) is 18.3. The highest BCUT2D eigenvalue weighted by atomic mass is 19.1. The summed E-state index contributed by atoms with van der Waals surface area (Å²) in [5.41, 5.74) is 1.45. The molecule has 6 nitrogen and oxygen atoms in total. The summed E-state index contributed by atoms with van der Waals surface area (Å²) in [6.07, 6.45) is 2.18. The van der Waals surface area contributed by atoms with Crippen molar-refractivity contribution in [1.29, 1.82) is 0 Å². The molecule has 1 aliphatic heterocycles. The number of nitrogens with one attached hydrogen (secondary N) is 1. The highest BCUT2D eigenvalue weighted by molar-refractivity contribution is 5.74. The van der Waals surface area contributed by atoms with Crippen molar-refractivity contribution in [3.8, 4) is 0 Å². The van der Waals surface area contributed by atoms with Crippen LogP contribution in [0.3, 0.4) is 0 Å². The highest BCUT2D eigenvalue weighted by Crippen LogP contribution is 2.22.